The maximum atomic E-state index is 11.1. The van der Waals surface area contributed by atoms with Crippen LogP contribution >= 0.6 is 0 Å². The summed E-state index contributed by atoms with van der Waals surface area (Å²) in [6.45, 7) is 3.40. The van der Waals surface area contributed by atoms with Gasteiger partial charge in [0.25, 0.3) is 11.4 Å². The maximum absolute atomic E-state index is 11.1. The van der Waals surface area contributed by atoms with Crippen molar-refractivity contribution in [2.24, 2.45) is 0 Å². The molecule has 104 valence electrons. The molecule has 10 heteroatoms. The van der Waals surface area contributed by atoms with Crippen molar-refractivity contribution in [1.82, 2.24) is 0 Å². The lowest BCUT2D eigenvalue weighted by Crippen LogP contribution is -2.11. The number of benzene rings is 1. The molecule has 0 aliphatic rings. The Hall–Kier alpha value is -2.07. The Labute approximate surface area is 107 Å². The fourth-order valence-electron chi connectivity index (χ4n) is 1.89. The summed E-state index contributed by atoms with van der Waals surface area (Å²) in [5.74, 6) is 0. The summed E-state index contributed by atoms with van der Waals surface area (Å²) in [6, 6.07) is 0. The average molecular weight is 289 g/mol. The molecule has 0 fully saturated rings. The number of nitrogens with zero attached hydrogens (tertiary/aromatic N) is 2. The lowest BCUT2D eigenvalue weighted by Gasteiger charge is -2.15. The van der Waals surface area contributed by atoms with E-state index in [1.807, 2.05) is 0 Å². The van der Waals surface area contributed by atoms with Gasteiger partial charge in [-0.1, -0.05) is 0 Å². The predicted octanol–water partition coefficient (Wildman–Crippen LogP) is 1.33. The zero-order chi connectivity index (χ0) is 15.1. The zero-order valence-electron chi connectivity index (χ0n) is 10.2. The van der Waals surface area contributed by atoms with Crippen LogP contribution in [-0.2, 0) is 10.1 Å². The fourth-order valence-corrected chi connectivity index (χ4v) is 2.88. The number of nitro groups is 2. The lowest BCUT2D eigenvalue weighted by molar-refractivity contribution is -0.397. The van der Waals surface area contributed by atoms with Gasteiger partial charge in [-0.3, -0.25) is 20.2 Å². The molecule has 0 atom stereocenters. The smallest absolute Gasteiger partial charge is 0.296 e. The molecule has 0 aliphatic heterocycles. The van der Waals surface area contributed by atoms with Gasteiger partial charge in [0.2, 0.25) is 0 Å². The van der Waals surface area contributed by atoms with Crippen molar-refractivity contribution in [3.05, 3.63) is 36.9 Å². The number of rotatable bonds is 3. The molecule has 1 rings (SSSR count). The van der Waals surface area contributed by atoms with Gasteiger partial charge in [0.15, 0.2) is 0 Å². The third-order valence-electron chi connectivity index (χ3n) is 2.80. The lowest BCUT2D eigenvalue weighted by atomic mass is 10.0. The van der Waals surface area contributed by atoms with Crippen molar-refractivity contribution in [2.45, 2.75) is 25.7 Å². The zero-order valence-corrected chi connectivity index (χ0v) is 11.0. The molecule has 1 aromatic carbocycles. The second-order valence-electron chi connectivity index (χ2n) is 3.87. The Bertz CT molecular complexity index is 693. The number of hydrogen-bond donors (Lipinski definition) is 0. The van der Waals surface area contributed by atoms with Crippen molar-refractivity contribution in [3.8, 4) is 0 Å². The van der Waals surface area contributed by atoms with Crippen molar-refractivity contribution in [2.75, 3.05) is 0 Å². The van der Waals surface area contributed by atoms with Gasteiger partial charge in [-0.05, 0) is 26.3 Å². The van der Waals surface area contributed by atoms with Crippen LogP contribution in [-0.4, -0.2) is 22.8 Å². The molecule has 0 saturated carbocycles. The first-order valence-electron chi connectivity index (χ1n) is 4.88. The molecule has 0 saturated heterocycles. The highest BCUT2D eigenvalue weighted by Crippen LogP contribution is 2.39. The number of hydrogen-bond acceptors (Lipinski definition) is 7. The van der Waals surface area contributed by atoms with Gasteiger partial charge in [0.1, 0.15) is 20.6 Å². The second-order valence-corrected chi connectivity index (χ2v) is 5.19. The highest BCUT2D eigenvalue weighted by molar-refractivity contribution is 7.86. The van der Waals surface area contributed by atoms with E-state index >= 15 is 0 Å². The van der Waals surface area contributed by atoms with E-state index < -0.39 is 41.8 Å². The molecule has 0 heterocycles. The minimum absolute atomic E-state index is 0.0810. The predicted molar refractivity (Wildman–Crippen MR) is 61.9 cm³/mol. The maximum Gasteiger partial charge on any atom is 0.296 e. The van der Waals surface area contributed by atoms with Gasteiger partial charge >= 0.3 is 0 Å². The van der Waals surface area contributed by atoms with Crippen molar-refractivity contribution in [3.63, 3.8) is 0 Å². The van der Waals surface area contributed by atoms with Crippen LogP contribution in [0.15, 0.2) is 4.90 Å². The molecule has 0 unspecified atom stereocenters. The standard InChI is InChI=1S/C9H10N2O7S/c1-4-5(2)9(19(16,17)18)8(11(14)15)6(3)7(4)10(12)13/h1-3H3,(H,16,17,18)/p-1. The first-order chi connectivity index (χ1) is 8.50. The Morgan fingerprint density at radius 3 is 1.58 bits per heavy atom. The normalized spacial score (nSPS) is 11.4. The topological polar surface area (TPSA) is 143 Å². The fraction of sp³-hybridized carbons (Fsp3) is 0.333. The summed E-state index contributed by atoms with van der Waals surface area (Å²) in [6.07, 6.45) is 0. The van der Waals surface area contributed by atoms with Crippen LogP contribution in [0.3, 0.4) is 0 Å². The largest absolute Gasteiger partial charge is 0.744 e. The summed E-state index contributed by atoms with van der Waals surface area (Å²) < 4.78 is 33.4. The second kappa shape index (κ2) is 4.55. The van der Waals surface area contributed by atoms with Gasteiger partial charge in [-0.2, -0.15) is 0 Å². The highest BCUT2D eigenvalue weighted by atomic mass is 32.2. The summed E-state index contributed by atoms with van der Waals surface area (Å²) in [5.41, 5.74) is -2.41. The monoisotopic (exact) mass is 289 g/mol. The molecule has 0 amide bonds. The van der Waals surface area contributed by atoms with E-state index in [1.54, 1.807) is 0 Å². The van der Waals surface area contributed by atoms with Crippen molar-refractivity contribution < 1.29 is 22.8 Å². The van der Waals surface area contributed by atoms with E-state index in [0.29, 0.717) is 0 Å². The third-order valence-corrected chi connectivity index (χ3v) is 3.80. The van der Waals surface area contributed by atoms with Gasteiger partial charge in [-0.15, -0.1) is 0 Å². The summed E-state index contributed by atoms with van der Waals surface area (Å²) in [5, 5.41) is 21.8. The van der Waals surface area contributed by atoms with Crippen LogP contribution in [0.4, 0.5) is 11.4 Å². The molecule has 0 radical (unpaired) electrons. The van der Waals surface area contributed by atoms with E-state index in [1.165, 1.54) is 6.92 Å². The highest BCUT2D eigenvalue weighted by Gasteiger charge is 2.33. The van der Waals surface area contributed by atoms with E-state index in [0.717, 1.165) is 13.8 Å². The van der Waals surface area contributed by atoms with Crippen molar-refractivity contribution in [1.29, 1.82) is 0 Å². The van der Waals surface area contributed by atoms with E-state index in [-0.39, 0.29) is 11.1 Å². The minimum atomic E-state index is -5.11. The van der Waals surface area contributed by atoms with Crippen LogP contribution in [0, 0.1) is 41.0 Å². The van der Waals surface area contributed by atoms with Gasteiger partial charge < -0.3 is 4.55 Å². The SMILES string of the molecule is Cc1c(C)c(S(=O)(=O)[O-])c([N+](=O)[O-])c(C)c1[N+](=O)[O-]. The Balaban J connectivity index is 4.09. The molecular formula is C9H9N2O7S-. The van der Waals surface area contributed by atoms with E-state index in [9.17, 15) is 33.2 Å². The Morgan fingerprint density at radius 1 is 0.842 bits per heavy atom. The molecule has 0 bridgehead atoms. The average Bonchev–Trinajstić information content (AvgIpc) is 2.20. The molecule has 0 aliphatic carbocycles. The molecule has 0 N–H and O–H groups in total. The van der Waals surface area contributed by atoms with Gasteiger partial charge in [-0.25, -0.2) is 8.42 Å². The van der Waals surface area contributed by atoms with Gasteiger partial charge in [0.05, 0.1) is 9.85 Å². The Kier molecular flexibility index (Phi) is 3.59. The molecular weight excluding hydrogens is 280 g/mol. The first-order valence-corrected chi connectivity index (χ1v) is 6.29. The van der Waals surface area contributed by atoms with Crippen molar-refractivity contribution >= 4 is 21.5 Å². The number of nitro benzene ring substituents is 2. The van der Waals surface area contributed by atoms with Crippen LogP contribution in [0.25, 0.3) is 0 Å². The minimum Gasteiger partial charge on any atom is -0.744 e. The van der Waals surface area contributed by atoms with Crippen LogP contribution < -0.4 is 0 Å². The Morgan fingerprint density at radius 2 is 1.26 bits per heavy atom. The molecule has 1 aromatic rings. The van der Waals surface area contributed by atoms with Gasteiger partial charge in [0, 0.05) is 5.56 Å². The quantitative estimate of drug-likeness (QED) is 0.463. The summed E-state index contributed by atoms with van der Waals surface area (Å²) in [7, 11) is -5.11. The van der Waals surface area contributed by atoms with Crippen LogP contribution in [0.5, 0.6) is 0 Å². The molecule has 0 spiro atoms. The molecule has 0 aromatic heterocycles. The van der Waals surface area contributed by atoms with Crippen LogP contribution in [0.2, 0.25) is 0 Å². The van der Waals surface area contributed by atoms with E-state index in [2.05, 4.69) is 0 Å². The van der Waals surface area contributed by atoms with Crippen LogP contribution in [0.1, 0.15) is 16.7 Å². The summed E-state index contributed by atoms with van der Waals surface area (Å²) >= 11 is 0. The third kappa shape index (κ3) is 2.39. The van der Waals surface area contributed by atoms with E-state index in [4.69, 9.17) is 0 Å². The first kappa shape index (κ1) is 15.0. The molecule has 9 nitrogen and oxygen atoms in total. The molecule has 19 heavy (non-hydrogen) atoms. The summed E-state index contributed by atoms with van der Waals surface area (Å²) in [4.78, 5) is 18.8.